The minimum Gasteiger partial charge on any atom is -0.466 e. The summed E-state index contributed by atoms with van der Waals surface area (Å²) < 4.78 is 10.5. The molecule has 0 radical (unpaired) electrons. The third-order valence-electron chi connectivity index (χ3n) is 4.64. The highest BCUT2D eigenvalue weighted by atomic mass is 16.5. The summed E-state index contributed by atoms with van der Waals surface area (Å²) in [4.78, 5) is 35.7. The zero-order valence-electron chi connectivity index (χ0n) is 18.8. The van der Waals surface area contributed by atoms with E-state index in [1.807, 2.05) is 0 Å². The van der Waals surface area contributed by atoms with Gasteiger partial charge in [-0.2, -0.15) is 0 Å². The summed E-state index contributed by atoms with van der Waals surface area (Å²) in [5, 5.41) is 0. The third-order valence-corrected chi connectivity index (χ3v) is 4.64. The number of carbonyl (C=O) groups excluding carboxylic acids is 3. The number of ether oxygens (including phenoxy) is 2. The van der Waals surface area contributed by atoms with Crippen LogP contribution in [0.25, 0.3) is 0 Å². The van der Waals surface area contributed by atoms with Crippen LogP contribution in [-0.2, 0) is 23.9 Å². The van der Waals surface area contributed by atoms with E-state index < -0.39 is 17.9 Å². The van der Waals surface area contributed by atoms with Crippen molar-refractivity contribution in [1.82, 2.24) is 0 Å². The average molecular weight is 399 g/mol. The minimum absolute atomic E-state index is 0.0235. The zero-order valence-corrected chi connectivity index (χ0v) is 18.8. The van der Waals surface area contributed by atoms with Crippen LogP contribution in [0.4, 0.5) is 0 Å². The Bertz CT molecular complexity index is 442. The van der Waals surface area contributed by atoms with Crippen LogP contribution in [0.5, 0.6) is 0 Å². The fraction of sp³-hybridized carbons (Fsp3) is 0.870. The van der Waals surface area contributed by atoms with Gasteiger partial charge in [0.2, 0.25) is 0 Å². The summed E-state index contributed by atoms with van der Waals surface area (Å²) in [5.74, 6) is -0.376. The summed E-state index contributed by atoms with van der Waals surface area (Å²) in [5.41, 5.74) is 0. The van der Waals surface area contributed by atoms with Crippen LogP contribution < -0.4 is 0 Å². The highest BCUT2D eigenvalue weighted by Gasteiger charge is 2.25. The Morgan fingerprint density at radius 2 is 1.18 bits per heavy atom. The molecule has 1 atom stereocenters. The molecule has 0 fully saturated rings. The van der Waals surface area contributed by atoms with Gasteiger partial charge in [0.1, 0.15) is 5.78 Å². The van der Waals surface area contributed by atoms with Crippen molar-refractivity contribution in [3.8, 4) is 0 Å². The fourth-order valence-electron chi connectivity index (χ4n) is 2.99. The lowest BCUT2D eigenvalue weighted by Crippen LogP contribution is -2.24. The number of hydrogen-bond donors (Lipinski definition) is 0. The molecule has 0 rings (SSSR count). The van der Waals surface area contributed by atoms with Gasteiger partial charge < -0.3 is 14.3 Å². The molecule has 0 amide bonds. The van der Waals surface area contributed by atoms with Gasteiger partial charge in [-0.25, -0.2) is 0 Å². The van der Waals surface area contributed by atoms with E-state index in [1.54, 1.807) is 0 Å². The number of carbonyl (C=O) groups is 3. The van der Waals surface area contributed by atoms with E-state index in [4.69, 9.17) is 9.47 Å². The lowest BCUT2D eigenvalue weighted by Gasteiger charge is -2.14. The second-order valence-electron chi connectivity index (χ2n) is 8.68. The van der Waals surface area contributed by atoms with E-state index in [-0.39, 0.29) is 18.6 Å². The molecule has 0 saturated carbocycles. The number of esters is 2. The molecule has 5 heteroatoms. The van der Waals surface area contributed by atoms with Crippen LogP contribution in [0.2, 0.25) is 0 Å². The topological polar surface area (TPSA) is 69.7 Å². The number of Topliss-reactive ketones (excluding diaryl/α,β-unsaturated/α-hetero) is 1. The first-order valence-corrected chi connectivity index (χ1v) is 11.0. The molecule has 0 aromatic rings. The lowest BCUT2D eigenvalue weighted by molar-refractivity contribution is -0.156. The van der Waals surface area contributed by atoms with E-state index in [1.165, 1.54) is 19.8 Å². The number of rotatable bonds is 17. The van der Waals surface area contributed by atoms with E-state index in [0.29, 0.717) is 25.0 Å². The van der Waals surface area contributed by atoms with Crippen molar-refractivity contribution >= 4 is 17.7 Å². The van der Waals surface area contributed by atoms with Gasteiger partial charge in [0, 0.05) is 6.42 Å². The summed E-state index contributed by atoms with van der Waals surface area (Å²) >= 11 is 0. The fourth-order valence-corrected chi connectivity index (χ4v) is 2.99. The Morgan fingerprint density at radius 3 is 1.64 bits per heavy atom. The molecular weight excluding hydrogens is 356 g/mol. The van der Waals surface area contributed by atoms with Crippen molar-refractivity contribution < 1.29 is 23.9 Å². The lowest BCUT2D eigenvalue weighted by atomic mass is 9.99. The first-order chi connectivity index (χ1) is 13.2. The molecule has 0 aliphatic rings. The predicted molar refractivity (Wildman–Crippen MR) is 112 cm³/mol. The summed E-state index contributed by atoms with van der Waals surface area (Å²) in [7, 11) is 0. The molecule has 0 aliphatic carbocycles. The van der Waals surface area contributed by atoms with Gasteiger partial charge in [-0.3, -0.25) is 9.59 Å². The van der Waals surface area contributed by atoms with Crippen molar-refractivity contribution in [1.29, 1.82) is 0 Å². The van der Waals surface area contributed by atoms with Crippen LogP contribution in [0.15, 0.2) is 0 Å². The van der Waals surface area contributed by atoms with E-state index in [0.717, 1.165) is 38.5 Å². The minimum atomic E-state index is -0.735. The number of hydrogen-bond acceptors (Lipinski definition) is 5. The van der Waals surface area contributed by atoms with Gasteiger partial charge in [-0.1, -0.05) is 66.2 Å². The maximum atomic E-state index is 12.3. The molecule has 0 aromatic heterocycles. The van der Waals surface area contributed by atoms with Gasteiger partial charge in [0.05, 0.1) is 25.6 Å². The number of ketones is 1. The zero-order chi connectivity index (χ0) is 21.4. The van der Waals surface area contributed by atoms with Gasteiger partial charge in [0.15, 0.2) is 0 Å². The molecule has 0 heterocycles. The van der Waals surface area contributed by atoms with Crippen molar-refractivity contribution in [2.45, 2.75) is 98.8 Å². The average Bonchev–Trinajstić information content (AvgIpc) is 2.59. The smallest absolute Gasteiger partial charge is 0.309 e. The molecule has 0 aromatic carbocycles. The van der Waals surface area contributed by atoms with Crippen LogP contribution in [0.3, 0.4) is 0 Å². The quantitative estimate of drug-likeness (QED) is 0.239. The summed E-state index contributed by atoms with van der Waals surface area (Å²) in [6.07, 6.45) is 8.22. The van der Waals surface area contributed by atoms with Crippen molar-refractivity contribution in [2.75, 3.05) is 13.2 Å². The van der Waals surface area contributed by atoms with Gasteiger partial charge in [0.25, 0.3) is 0 Å². The monoisotopic (exact) mass is 398 g/mol. The van der Waals surface area contributed by atoms with E-state index in [9.17, 15) is 14.4 Å². The second kappa shape index (κ2) is 16.6. The van der Waals surface area contributed by atoms with Crippen LogP contribution >= 0.6 is 0 Å². The van der Waals surface area contributed by atoms with Crippen molar-refractivity contribution in [2.24, 2.45) is 17.8 Å². The molecular formula is C23H42O5. The Morgan fingerprint density at radius 1 is 0.679 bits per heavy atom. The first kappa shape index (κ1) is 26.6. The standard InChI is InChI=1S/C23H42O5/c1-18(2)12-8-6-10-14-27-22(25)17-21(16-20(5)24)23(26)28-15-11-7-9-13-19(3)4/h18-19,21H,6-17H2,1-5H3. The molecule has 164 valence electrons. The van der Waals surface area contributed by atoms with Gasteiger partial charge >= 0.3 is 11.9 Å². The molecule has 0 spiro atoms. The van der Waals surface area contributed by atoms with E-state index in [2.05, 4.69) is 27.7 Å². The Hall–Kier alpha value is -1.39. The maximum absolute atomic E-state index is 12.3. The largest absolute Gasteiger partial charge is 0.466 e. The maximum Gasteiger partial charge on any atom is 0.309 e. The SMILES string of the molecule is CC(=O)CC(CC(=O)OCCCCCC(C)C)C(=O)OCCCCCC(C)C. The Balaban J connectivity index is 4.11. The normalized spacial score (nSPS) is 12.2. The molecule has 28 heavy (non-hydrogen) atoms. The summed E-state index contributed by atoms with van der Waals surface area (Å²) in [6, 6.07) is 0. The third kappa shape index (κ3) is 16.8. The first-order valence-electron chi connectivity index (χ1n) is 11.0. The van der Waals surface area contributed by atoms with Crippen molar-refractivity contribution in [3.63, 3.8) is 0 Å². The number of unbranched alkanes of at least 4 members (excludes halogenated alkanes) is 4. The van der Waals surface area contributed by atoms with Gasteiger partial charge in [-0.05, 0) is 31.6 Å². The van der Waals surface area contributed by atoms with Crippen LogP contribution in [0.1, 0.15) is 98.8 Å². The Kier molecular flexibility index (Phi) is 15.7. The van der Waals surface area contributed by atoms with Crippen LogP contribution in [0, 0.1) is 17.8 Å². The highest BCUT2D eigenvalue weighted by molar-refractivity contribution is 5.86. The molecule has 0 saturated heterocycles. The highest BCUT2D eigenvalue weighted by Crippen LogP contribution is 2.15. The molecule has 0 bridgehead atoms. The molecule has 0 N–H and O–H groups in total. The molecule has 5 nitrogen and oxygen atoms in total. The second-order valence-corrected chi connectivity index (χ2v) is 8.68. The molecule has 1 unspecified atom stereocenters. The van der Waals surface area contributed by atoms with E-state index >= 15 is 0 Å². The van der Waals surface area contributed by atoms with Crippen LogP contribution in [-0.4, -0.2) is 30.9 Å². The molecule has 0 aliphatic heterocycles. The Labute approximate surface area is 171 Å². The van der Waals surface area contributed by atoms with Crippen molar-refractivity contribution in [3.05, 3.63) is 0 Å². The predicted octanol–water partition coefficient (Wildman–Crippen LogP) is 5.49. The van der Waals surface area contributed by atoms with Gasteiger partial charge in [-0.15, -0.1) is 0 Å². The summed E-state index contributed by atoms with van der Waals surface area (Å²) in [6.45, 7) is 10.9.